The Balaban J connectivity index is 1.69. The lowest BCUT2D eigenvalue weighted by Crippen LogP contribution is -2.36. The fraction of sp³-hybridized carbons (Fsp3) is 0.579. The summed E-state index contributed by atoms with van der Waals surface area (Å²) in [6.45, 7) is 2.80. The predicted molar refractivity (Wildman–Crippen MR) is 105 cm³/mol. The maximum absolute atomic E-state index is 13.0. The molecule has 2 fully saturated rings. The Hall–Kier alpha value is -2.13. The first-order valence-electron chi connectivity index (χ1n) is 9.58. The molecule has 2 aliphatic rings. The smallest absolute Gasteiger partial charge is 0.246 e. The summed E-state index contributed by atoms with van der Waals surface area (Å²) in [5.41, 5.74) is 0.343. The molecule has 1 heterocycles. The molecule has 8 nitrogen and oxygen atoms in total. The first kappa shape index (κ1) is 20.6. The van der Waals surface area contributed by atoms with Crippen molar-refractivity contribution in [3.63, 3.8) is 0 Å². The molecule has 9 heteroatoms. The van der Waals surface area contributed by atoms with E-state index in [0.717, 1.165) is 25.7 Å². The number of sulfonamides is 1. The molecule has 1 aliphatic carbocycles. The molecular formula is C19H27N3O5S. The van der Waals surface area contributed by atoms with Crippen LogP contribution in [0.2, 0.25) is 0 Å². The average molecular weight is 410 g/mol. The normalized spacial score (nSPS) is 22.4. The Bertz CT molecular complexity index is 849. The Morgan fingerprint density at radius 1 is 1.21 bits per heavy atom. The van der Waals surface area contributed by atoms with Gasteiger partial charge in [-0.05, 0) is 43.4 Å². The Morgan fingerprint density at radius 2 is 1.89 bits per heavy atom. The molecule has 2 N–H and O–H groups in total. The zero-order chi connectivity index (χ0) is 20.3. The fourth-order valence-electron chi connectivity index (χ4n) is 3.39. The van der Waals surface area contributed by atoms with E-state index in [-0.39, 0.29) is 29.0 Å². The standard InChI is InChI=1S/C19H27N3O5S/c1-13-10-15(13)19(24)20-12-18(23)21-14-6-7-16(27-2)17(11-14)28(25,26)22-8-4-3-5-9-22/h6-7,11,13,15H,3-5,8-10,12H2,1-2H3,(H,20,24)(H,21,23)/t13-,15-/m0/s1. The van der Waals surface area contributed by atoms with Gasteiger partial charge in [0, 0.05) is 24.7 Å². The second-order valence-electron chi connectivity index (χ2n) is 7.42. The summed E-state index contributed by atoms with van der Waals surface area (Å²) >= 11 is 0. The van der Waals surface area contributed by atoms with Gasteiger partial charge in [0.05, 0.1) is 13.7 Å². The van der Waals surface area contributed by atoms with Crippen molar-refractivity contribution >= 4 is 27.5 Å². The summed E-state index contributed by atoms with van der Waals surface area (Å²) in [5.74, 6) is 0.0701. The molecule has 154 valence electrons. The van der Waals surface area contributed by atoms with Crippen LogP contribution in [0.4, 0.5) is 5.69 Å². The van der Waals surface area contributed by atoms with Gasteiger partial charge in [-0.15, -0.1) is 0 Å². The highest BCUT2D eigenvalue weighted by Crippen LogP contribution is 2.37. The summed E-state index contributed by atoms with van der Waals surface area (Å²) in [6.07, 6.45) is 3.53. The van der Waals surface area contributed by atoms with Crippen molar-refractivity contribution in [3.8, 4) is 5.75 Å². The van der Waals surface area contributed by atoms with Crippen LogP contribution >= 0.6 is 0 Å². The SMILES string of the molecule is COc1ccc(NC(=O)CNC(=O)[C@H]2C[C@@H]2C)cc1S(=O)(=O)N1CCCCC1. The van der Waals surface area contributed by atoms with E-state index in [2.05, 4.69) is 10.6 Å². The molecule has 1 saturated carbocycles. The van der Waals surface area contributed by atoms with Gasteiger partial charge < -0.3 is 15.4 Å². The van der Waals surface area contributed by atoms with Crippen LogP contribution in [0.15, 0.2) is 23.1 Å². The largest absolute Gasteiger partial charge is 0.495 e. The van der Waals surface area contributed by atoms with Gasteiger partial charge in [0.1, 0.15) is 10.6 Å². The number of ether oxygens (including phenoxy) is 1. The van der Waals surface area contributed by atoms with Gasteiger partial charge in [0.25, 0.3) is 0 Å². The van der Waals surface area contributed by atoms with Gasteiger partial charge in [-0.2, -0.15) is 4.31 Å². The summed E-state index contributed by atoms with van der Waals surface area (Å²) in [4.78, 5) is 24.0. The third-order valence-corrected chi connectivity index (χ3v) is 7.17. The fourth-order valence-corrected chi connectivity index (χ4v) is 5.09. The van der Waals surface area contributed by atoms with Gasteiger partial charge in [-0.1, -0.05) is 13.3 Å². The van der Waals surface area contributed by atoms with Crippen LogP contribution in [0.25, 0.3) is 0 Å². The van der Waals surface area contributed by atoms with Crippen molar-refractivity contribution in [2.75, 3.05) is 32.1 Å². The van der Waals surface area contributed by atoms with Crippen molar-refractivity contribution < 1.29 is 22.7 Å². The van der Waals surface area contributed by atoms with Crippen LogP contribution < -0.4 is 15.4 Å². The number of methoxy groups -OCH3 is 1. The number of hydrogen-bond acceptors (Lipinski definition) is 5. The van der Waals surface area contributed by atoms with E-state index in [1.54, 1.807) is 6.07 Å². The minimum atomic E-state index is -3.71. The third kappa shape index (κ3) is 4.64. The van der Waals surface area contributed by atoms with Gasteiger partial charge in [0.15, 0.2) is 0 Å². The van der Waals surface area contributed by atoms with Gasteiger partial charge >= 0.3 is 0 Å². The third-order valence-electron chi connectivity index (χ3n) is 5.25. The highest BCUT2D eigenvalue weighted by atomic mass is 32.2. The molecule has 2 atom stereocenters. The molecule has 1 aliphatic heterocycles. The molecule has 0 aromatic heterocycles. The minimum absolute atomic E-state index is 0.00456. The van der Waals surface area contributed by atoms with Crippen LogP contribution in [-0.2, 0) is 19.6 Å². The van der Waals surface area contributed by atoms with Crippen LogP contribution in [0.3, 0.4) is 0 Å². The molecule has 1 aromatic rings. The zero-order valence-corrected chi connectivity index (χ0v) is 17.0. The van der Waals surface area contributed by atoms with E-state index in [1.807, 2.05) is 6.92 Å². The Kier molecular flexibility index (Phi) is 6.24. The lowest BCUT2D eigenvalue weighted by molar-refractivity contribution is -0.125. The van der Waals surface area contributed by atoms with Crippen LogP contribution in [0.1, 0.15) is 32.6 Å². The number of anilines is 1. The summed E-state index contributed by atoms with van der Waals surface area (Å²) in [6, 6.07) is 4.51. The predicted octanol–water partition coefficient (Wildman–Crippen LogP) is 1.58. The second kappa shape index (κ2) is 8.48. The minimum Gasteiger partial charge on any atom is -0.495 e. The molecule has 3 rings (SSSR count). The summed E-state index contributed by atoms with van der Waals surface area (Å²) < 4.78 is 32.7. The molecule has 28 heavy (non-hydrogen) atoms. The molecule has 0 spiro atoms. The molecule has 1 saturated heterocycles. The van der Waals surface area contributed by atoms with E-state index in [4.69, 9.17) is 4.74 Å². The van der Waals surface area contributed by atoms with Crippen LogP contribution in [0, 0.1) is 11.8 Å². The monoisotopic (exact) mass is 409 g/mol. The van der Waals surface area contributed by atoms with E-state index in [9.17, 15) is 18.0 Å². The molecular weight excluding hydrogens is 382 g/mol. The first-order valence-corrected chi connectivity index (χ1v) is 11.0. The number of piperidine rings is 1. The van der Waals surface area contributed by atoms with E-state index in [0.29, 0.717) is 24.7 Å². The first-order chi connectivity index (χ1) is 13.3. The number of rotatable bonds is 7. The number of carbonyl (C=O) groups excluding carboxylic acids is 2. The van der Waals surface area contributed by atoms with E-state index < -0.39 is 15.9 Å². The topological polar surface area (TPSA) is 105 Å². The number of hydrogen-bond donors (Lipinski definition) is 2. The van der Waals surface area contributed by atoms with Gasteiger partial charge in [0.2, 0.25) is 21.8 Å². The molecule has 1 aromatic carbocycles. The summed E-state index contributed by atoms with van der Waals surface area (Å²) in [5, 5.41) is 5.25. The second-order valence-corrected chi connectivity index (χ2v) is 9.32. The zero-order valence-electron chi connectivity index (χ0n) is 16.2. The van der Waals surface area contributed by atoms with Crippen molar-refractivity contribution in [2.45, 2.75) is 37.5 Å². The molecule has 0 bridgehead atoms. The van der Waals surface area contributed by atoms with Crippen molar-refractivity contribution in [3.05, 3.63) is 18.2 Å². The highest BCUT2D eigenvalue weighted by molar-refractivity contribution is 7.89. The highest BCUT2D eigenvalue weighted by Gasteiger charge is 2.39. The van der Waals surface area contributed by atoms with E-state index >= 15 is 0 Å². The maximum Gasteiger partial charge on any atom is 0.246 e. The number of nitrogens with zero attached hydrogens (tertiary/aromatic N) is 1. The maximum atomic E-state index is 13.0. The lowest BCUT2D eigenvalue weighted by atomic mass is 10.2. The molecule has 0 unspecified atom stereocenters. The average Bonchev–Trinajstić information content (AvgIpc) is 3.43. The number of amides is 2. The van der Waals surface area contributed by atoms with Crippen molar-refractivity contribution in [1.29, 1.82) is 0 Å². The molecule has 2 amide bonds. The van der Waals surface area contributed by atoms with Gasteiger partial charge in [-0.3, -0.25) is 9.59 Å². The lowest BCUT2D eigenvalue weighted by Gasteiger charge is -2.26. The number of benzene rings is 1. The van der Waals surface area contributed by atoms with Gasteiger partial charge in [-0.25, -0.2) is 8.42 Å². The van der Waals surface area contributed by atoms with Crippen molar-refractivity contribution in [1.82, 2.24) is 9.62 Å². The number of carbonyl (C=O) groups is 2. The number of nitrogens with one attached hydrogen (secondary N) is 2. The van der Waals surface area contributed by atoms with Crippen molar-refractivity contribution in [2.24, 2.45) is 11.8 Å². The molecule has 0 radical (unpaired) electrons. The Labute approximate surface area is 165 Å². The quantitative estimate of drug-likeness (QED) is 0.711. The van der Waals surface area contributed by atoms with Crippen LogP contribution in [0.5, 0.6) is 5.75 Å². The van der Waals surface area contributed by atoms with E-state index in [1.165, 1.54) is 23.5 Å². The van der Waals surface area contributed by atoms with Crippen LogP contribution in [-0.4, -0.2) is 51.3 Å². The Morgan fingerprint density at radius 3 is 2.50 bits per heavy atom. The summed E-state index contributed by atoms with van der Waals surface area (Å²) in [7, 11) is -2.30.